The summed E-state index contributed by atoms with van der Waals surface area (Å²) in [5.74, 6) is 0.144. The molecule has 1 aromatic rings. The van der Waals surface area contributed by atoms with Crippen LogP contribution in [0, 0.1) is 0 Å². The molecule has 1 saturated heterocycles. The number of anilines is 1. The molecule has 3 rings (SSSR count). The maximum absolute atomic E-state index is 8.91. The molecule has 0 amide bonds. The number of nitrogens with two attached hydrogens (primary N) is 1. The van der Waals surface area contributed by atoms with Crippen molar-refractivity contribution in [3.8, 4) is 0 Å². The van der Waals surface area contributed by atoms with Crippen LogP contribution in [0.1, 0.15) is 31.2 Å². The van der Waals surface area contributed by atoms with Gasteiger partial charge >= 0.3 is 0 Å². The van der Waals surface area contributed by atoms with Crippen LogP contribution in [0.2, 0.25) is 0 Å². The number of nitrogens with zero attached hydrogens (tertiary/aromatic N) is 4. The Balaban J connectivity index is 1.69. The van der Waals surface area contributed by atoms with Gasteiger partial charge in [0.15, 0.2) is 5.84 Å². The number of rotatable bonds is 3. The number of aromatic nitrogens is 1. The van der Waals surface area contributed by atoms with Crippen LogP contribution >= 0.6 is 0 Å². The van der Waals surface area contributed by atoms with E-state index in [9.17, 15) is 0 Å². The number of oxime groups is 1. The lowest BCUT2D eigenvalue weighted by Crippen LogP contribution is -2.50. The zero-order chi connectivity index (χ0) is 14.7. The second-order valence-electron chi connectivity index (χ2n) is 5.84. The molecule has 6 heteroatoms. The first-order chi connectivity index (χ1) is 10.3. The molecule has 1 aliphatic carbocycles. The van der Waals surface area contributed by atoms with Gasteiger partial charge in [-0.2, -0.15) is 0 Å². The molecule has 0 bridgehead atoms. The third kappa shape index (κ3) is 2.95. The Morgan fingerprint density at radius 1 is 1.24 bits per heavy atom. The summed E-state index contributed by atoms with van der Waals surface area (Å²) in [7, 11) is 0. The Kier molecular flexibility index (Phi) is 4.24. The monoisotopic (exact) mass is 289 g/mol. The average molecular weight is 289 g/mol. The summed E-state index contributed by atoms with van der Waals surface area (Å²) < 4.78 is 0. The van der Waals surface area contributed by atoms with Crippen molar-refractivity contribution in [3.05, 3.63) is 24.0 Å². The molecular weight excluding hydrogens is 266 g/mol. The summed E-state index contributed by atoms with van der Waals surface area (Å²) in [5.41, 5.74) is 7.47. The molecule has 0 unspecified atom stereocenters. The van der Waals surface area contributed by atoms with Crippen molar-refractivity contribution in [3.63, 3.8) is 0 Å². The van der Waals surface area contributed by atoms with Crippen LogP contribution in [0.3, 0.4) is 0 Å². The highest BCUT2D eigenvalue weighted by Crippen LogP contribution is 2.26. The van der Waals surface area contributed by atoms with Gasteiger partial charge in [0.25, 0.3) is 0 Å². The molecule has 1 saturated carbocycles. The molecular formula is C15H23N5O. The summed E-state index contributed by atoms with van der Waals surface area (Å²) in [5, 5.41) is 12.0. The lowest BCUT2D eigenvalue weighted by Gasteiger charge is -2.39. The van der Waals surface area contributed by atoms with E-state index >= 15 is 0 Å². The molecule has 21 heavy (non-hydrogen) atoms. The molecule has 3 N–H and O–H groups in total. The van der Waals surface area contributed by atoms with E-state index < -0.39 is 0 Å². The Morgan fingerprint density at radius 3 is 2.62 bits per heavy atom. The third-order valence-electron chi connectivity index (χ3n) is 4.68. The molecule has 2 fully saturated rings. The minimum absolute atomic E-state index is 0.144. The van der Waals surface area contributed by atoms with E-state index in [-0.39, 0.29) is 5.84 Å². The fourth-order valence-electron chi connectivity index (χ4n) is 3.51. The largest absolute Gasteiger partial charge is 0.409 e. The molecule has 1 aliphatic heterocycles. The zero-order valence-corrected chi connectivity index (χ0v) is 12.3. The molecule has 114 valence electrons. The molecule has 6 nitrogen and oxygen atoms in total. The summed E-state index contributed by atoms with van der Waals surface area (Å²) in [4.78, 5) is 9.08. The molecule has 0 aromatic carbocycles. The van der Waals surface area contributed by atoms with E-state index in [1.165, 1.54) is 25.7 Å². The maximum Gasteiger partial charge on any atom is 0.172 e. The van der Waals surface area contributed by atoms with Gasteiger partial charge in [0.1, 0.15) is 0 Å². The topological polar surface area (TPSA) is 78.0 Å². The van der Waals surface area contributed by atoms with Crippen molar-refractivity contribution in [1.29, 1.82) is 0 Å². The highest BCUT2D eigenvalue weighted by Gasteiger charge is 2.27. The van der Waals surface area contributed by atoms with Gasteiger partial charge in [-0.1, -0.05) is 18.0 Å². The van der Waals surface area contributed by atoms with Crippen LogP contribution in [0.15, 0.2) is 23.6 Å². The highest BCUT2D eigenvalue weighted by atomic mass is 16.4. The molecule has 0 atom stereocenters. The summed E-state index contributed by atoms with van der Waals surface area (Å²) >= 11 is 0. The van der Waals surface area contributed by atoms with Gasteiger partial charge in [0, 0.05) is 44.0 Å². The third-order valence-corrected chi connectivity index (χ3v) is 4.68. The fraction of sp³-hybridized carbons (Fsp3) is 0.600. The standard InChI is InChI=1S/C15H23N5O/c16-15(18-21)13-5-6-17-11-14(13)20-9-7-19(8-10-20)12-3-1-2-4-12/h5-6,11-12,21H,1-4,7-10H2,(H2,16,18). The van der Waals surface area contributed by atoms with E-state index in [0.29, 0.717) is 0 Å². The smallest absolute Gasteiger partial charge is 0.172 e. The lowest BCUT2D eigenvalue weighted by molar-refractivity contribution is 0.187. The molecule has 0 radical (unpaired) electrons. The summed E-state index contributed by atoms with van der Waals surface area (Å²) in [6.45, 7) is 4.09. The van der Waals surface area contributed by atoms with Gasteiger partial charge in [0.2, 0.25) is 0 Å². The van der Waals surface area contributed by atoms with Crippen LogP contribution in [-0.4, -0.2) is 53.1 Å². The average Bonchev–Trinajstić information content (AvgIpc) is 3.09. The summed E-state index contributed by atoms with van der Waals surface area (Å²) in [6.07, 6.45) is 8.93. The summed E-state index contributed by atoms with van der Waals surface area (Å²) in [6, 6.07) is 2.58. The van der Waals surface area contributed by atoms with Gasteiger partial charge in [-0.05, 0) is 18.9 Å². The number of amidine groups is 1. The Hall–Kier alpha value is -1.82. The van der Waals surface area contributed by atoms with Crippen LogP contribution in [0.25, 0.3) is 0 Å². The van der Waals surface area contributed by atoms with Gasteiger partial charge in [-0.15, -0.1) is 0 Å². The van der Waals surface area contributed by atoms with Crippen molar-refractivity contribution in [2.75, 3.05) is 31.1 Å². The lowest BCUT2D eigenvalue weighted by atomic mass is 10.1. The SMILES string of the molecule is N/C(=N/O)c1ccncc1N1CCN(C2CCCC2)CC1. The minimum atomic E-state index is 0.144. The quantitative estimate of drug-likeness (QED) is 0.379. The number of piperazine rings is 1. The first-order valence-electron chi connectivity index (χ1n) is 7.70. The normalized spacial score (nSPS) is 21.9. The van der Waals surface area contributed by atoms with Gasteiger partial charge in [0.05, 0.1) is 11.9 Å². The van der Waals surface area contributed by atoms with Gasteiger partial charge < -0.3 is 15.8 Å². The van der Waals surface area contributed by atoms with E-state index in [1.54, 1.807) is 18.5 Å². The fourth-order valence-corrected chi connectivity index (χ4v) is 3.51. The van der Waals surface area contributed by atoms with Crippen LogP contribution in [-0.2, 0) is 0 Å². The van der Waals surface area contributed by atoms with Crippen LogP contribution < -0.4 is 10.6 Å². The molecule has 0 spiro atoms. The minimum Gasteiger partial charge on any atom is -0.409 e. The van der Waals surface area contributed by atoms with E-state index in [0.717, 1.165) is 43.5 Å². The Morgan fingerprint density at radius 2 is 1.95 bits per heavy atom. The number of hydrogen-bond donors (Lipinski definition) is 2. The second kappa shape index (κ2) is 6.30. The molecule has 2 heterocycles. The first-order valence-corrected chi connectivity index (χ1v) is 7.70. The van der Waals surface area contributed by atoms with Crippen molar-refractivity contribution in [1.82, 2.24) is 9.88 Å². The van der Waals surface area contributed by atoms with E-state index in [1.807, 2.05) is 0 Å². The second-order valence-corrected chi connectivity index (χ2v) is 5.84. The Labute approximate surface area is 125 Å². The highest BCUT2D eigenvalue weighted by molar-refractivity contribution is 6.02. The van der Waals surface area contributed by atoms with Crippen molar-refractivity contribution in [2.24, 2.45) is 10.9 Å². The molecule has 1 aromatic heterocycles. The molecule has 2 aliphatic rings. The number of pyridine rings is 1. The first kappa shape index (κ1) is 14.1. The predicted molar refractivity (Wildman–Crippen MR) is 82.8 cm³/mol. The van der Waals surface area contributed by atoms with Gasteiger partial charge in [-0.25, -0.2) is 0 Å². The maximum atomic E-state index is 8.91. The van der Waals surface area contributed by atoms with E-state index in [2.05, 4.69) is 19.9 Å². The predicted octanol–water partition coefficient (Wildman–Crippen LogP) is 1.24. The van der Waals surface area contributed by atoms with Crippen LogP contribution in [0.4, 0.5) is 5.69 Å². The van der Waals surface area contributed by atoms with Crippen molar-refractivity contribution in [2.45, 2.75) is 31.7 Å². The Bertz CT molecular complexity index is 505. The van der Waals surface area contributed by atoms with Crippen LogP contribution in [0.5, 0.6) is 0 Å². The number of hydrogen-bond acceptors (Lipinski definition) is 5. The van der Waals surface area contributed by atoms with Gasteiger partial charge in [-0.3, -0.25) is 9.88 Å². The zero-order valence-electron chi connectivity index (χ0n) is 12.3. The van der Waals surface area contributed by atoms with E-state index in [4.69, 9.17) is 10.9 Å². The van der Waals surface area contributed by atoms with Crippen molar-refractivity contribution < 1.29 is 5.21 Å². The van der Waals surface area contributed by atoms with Crippen molar-refractivity contribution >= 4 is 11.5 Å².